The van der Waals surface area contributed by atoms with Crippen LogP contribution in [0.3, 0.4) is 0 Å². The van der Waals surface area contributed by atoms with Crippen molar-refractivity contribution in [1.29, 1.82) is 0 Å². The lowest BCUT2D eigenvalue weighted by molar-refractivity contribution is -0.155. The molecular formula is C32H26F4N4O8S. The van der Waals surface area contributed by atoms with E-state index in [1.165, 1.54) is 0 Å². The number of rotatable bonds is 10. The van der Waals surface area contributed by atoms with Crippen LogP contribution in [0.4, 0.5) is 17.6 Å². The van der Waals surface area contributed by atoms with Gasteiger partial charge in [-0.25, -0.2) is 4.98 Å². The van der Waals surface area contributed by atoms with Crippen molar-refractivity contribution in [3.63, 3.8) is 0 Å². The minimum atomic E-state index is -6.35. The number of benzene rings is 3. The van der Waals surface area contributed by atoms with Crippen LogP contribution in [0.15, 0.2) is 102 Å². The first-order valence-electron chi connectivity index (χ1n) is 14.6. The molecule has 17 heteroatoms. The minimum absolute atomic E-state index is 0.442. The number of nitrogens with zero attached hydrogens (tertiary/aromatic N) is 3. The summed E-state index contributed by atoms with van der Waals surface area (Å²) in [5.41, 5.74) is -7.36. The predicted octanol–water partition coefficient (Wildman–Crippen LogP) is 4.33. The van der Waals surface area contributed by atoms with Gasteiger partial charge in [0, 0.05) is 6.92 Å². The van der Waals surface area contributed by atoms with Gasteiger partial charge in [-0.1, -0.05) is 91.0 Å². The maximum Gasteiger partial charge on any atom is 0.523 e. The zero-order chi connectivity index (χ0) is 35.0. The topological polar surface area (TPSA) is 152 Å². The molecule has 0 saturated carbocycles. The number of hydrogen-bond acceptors (Lipinski definition) is 10. The van der Waals surface area contributed by atoms with Crippen LogP contribution in [0.1, 0.15) is 29.8 Å². The first-order valence-corrected chi connectivity index (χ1v) is 16.0. The Morgan fingerprint density at radius 2 is 1.45 bits per heavy atom. The Kier molecular flexibility index (Phi) is 9.10. The maximum absolute atomic E-state index is 14.2. The van der Waals surface area contributed by atoms with Gasteiger partial charge in [0.15, 0.2) is 29.6 Å². The molecule has 1 N–H and O–H groups in total. The fourth-order valence-corrected chi connectivity index (χ4v) is 6.37. The lowest BCUT2D eigenvalue weighted by atomic mass is 9.80. The summed E-state index contributed by atoms with van der Waals surface area (Å²) in [6.45, 7) is 0.417. The third-order valence-electron chi connectivity index (χ3n) is 7.79. The molecule has 0 aliphatic carbocycles. The number of aromatic nitrogens is 4. The monoisotopic (exact) mass is 702 g/mol. The first kappa shape index (κ1) is 33.9. The van der Waals surface area contributed by atoms with E-state index in [0.29, 0.717) is 16.7 Å². The number of nitrogens with one attached hydrogen (secondary N) is 1. The Labute approximate surface area is 275 Å². The number of fused-ring (bicyclic) bond motifs is 1. The van der Waals surface area contributed by atoms with Crippen molar-refractivity contribution in [2.24, 2.45) is 0 Å². The normalized spacial score (nSPS) is 20.0. The average Bonchev–Trinajstić information content (AvgIpc) is 3.63. The third kappa shape index (κ3) is 6.44. The van der Waals surface area contributed by atoms with Crippen LogP contribution in [-0.2, 0) is 38.9 Å². The smallest absolute Gasteiger partial charge is 0.457 e. The molecule has 3 heterocycles. The van der Waals surface area contributed by atoms with E-state index in [1.54, 1.807) is 96.0 Å². The molecule has 6 rings (SSSR count). The summed E-state index contributed by atoms with van der Waals surface area (Å²) in [6, 6.07) is 26.9. The summed E-state index contributed by atoms with van der Waals surface area (Å²) >= 11 is 0. The van der Waals surface area contributed by atoms with Crippen molar-refractivity contribution in [2.45, 2.75) is 42.6 Å². The summed E-state index contributed by atoms with van der Waals surface area (Å²) in [6.07, 6.45) is -8.01. The number of carbonyl (C=O) groups excluding carboxylic acids is 1. The Hall–Kier alpha value is -4.97. The molecule has 2 aromatic heterocycles. The predicted molar refractivity (Wildman–Crippen MR) is 163 cm³/mol. The highest BCUT2D eigenvalue weighted by Crippen LogP contribution is 2.43. The van der Waals surface area contributed by atoms with E-state index in [-0.39, 0.29) is 0 Å². The van der Waals surface area contributed by atoms with E-state index in [4.69, 9.17) is 14.2 Å². The molecule has 4 atom stereocenters. The second-order valence-electron chi connectivity index (χ2n) is 10.9. The number of halogens is 4. The maximum atomic E-state index is 14.2. The lowest BCUT2D eigenvalue weighted by Crippen LogP contribution is -2.44. The molecule has 0 spiro atoms. The van der Waals surface area contributed by atoms with Gasteiger partial charge in [0.25, 0.3) is 11.6 Å². The van der Waals surface area contributed by atoms with Gasteiger partial charge < -0.3 is 14.2 Å². The molecule has 12 nitrogen and oxygen atoms in total. The van der Waals surface area contributed by atoms with Crippen molar-refractivity contribution in [2.75, 3.05) is 6.61 Å². The van der Waals surface area contributed by atoms with Crippen LogP contribution in [0.5, 0.6) is 0 Å². The van der Waals surface area contributed by atoms with Crippen LogP contribution in [0, 0.1) is 6.08 Å². The summed E-state index contributed by atoms with van der Waals surface area (Å²) in [7, 11) is -6.35. The lowest BCUT2D eigenvalue weighted by Gasteiger charge is -2.37. The van der Waals surface area contributed by atoms with Gasteiger partial charge in [-0.2, -0.15) is 31.0 Å². The Morgan fingerprint density at radius 3 is 1.94 bits per heavy atom. The van der Waals surface area contributed by atoms with Gasteiger partial charge >= 0.3 is 21.6 Å². The number of hydrogen-bond donors (Lipinski definition) is 1. The van der Waals surface area contributed by atoms with E-state index in [0.717, 1.165) is 17.8 Å². The average molecular weight is 703 g/mol. The van der Waals surface area contributed by atoms with Gasteiger partial charge in [-0.3, -0.25) is 23.3 Å². The van der Waals surface area contributed by atoms with Crippen LogP contribution in [-0.4, -0.2) is 64.3 Å². The van der Waals surface area contributed by atoms with E-state index < -0.39 is 81.1 Å². The molecule has 3 aromatic carbocycles. The second-order valence-corrected chi connectivity index (χ2v) is 12.4. The molecule has 49 heavy (non-hydrogen) atoms. The number of esters is 1. The summed E-state index contributed by atoms with van der Waals surface area (Å²) in [5.74, 6) is -1.02. The quantitative estimate of drug-likeness (QED) is 0.0556. The van der Waals surface area contributed by atoms with Gasteiger partial charge in [-0.05, 0) is 16.7 Å². The van der Waals surface area contributed by atoms with Gasteiger partial charge in [0.1, 0.15) is 11.7 Å². The minimum Gasteiger partial charge on any atom is -0.457 e. The Morgan fingerprint density at radius 1 is 0.918 bits per heavy atom. The summed E-state index contributed by atoms with van der Waals surface area (Å²) in [5, 5.41) is 0. The molecule has 256 valence electrons. The number of carbonyl (C=O) groups is 1. The fourth-order valence-electron chi connectivity index (χ4n) is 5.76. The van der Waals surface area contributed by atoms with Gasteiger partial charge in [-0.15, -0.1) is 0 Å². The van der Waals surface area contributed by atoms with Crippen LogP contribution in [0.25, 0.3) is 11.2 Å². The van der Waals surface area contributed by atoms with Crippen molar-refractivity contribution >= 4 is 27.3 Å². The van der Waals surface area contributed by atoms with E-state index in [9.17, 15) is 35.6 Å². The molecule has 0 radical (unpaired) electrons. The standard InChI is InChI=1S/C32H26F4N4O8S/c1-19(41)46-25-23(17-45-31(20-11-5-2-6-12-20,21-13-7-3-8-14-21)22-15-9-4-10-16-22)47-29(26(25)48-49(43,44)32(34,35)36)40-18-37-24-27(40)38-30(33)39-28(24)42/h2-16,18,23,25-26,29H,17H2,1H3,(H,38,39,42)/t23-,25-,26-,29-/m1/s1. The molecular weight excluding hydrogens is 676 g/mol. The summed E-state index contributed by atoms with van der Waals surface area (Å²) in [4.78, 5) is 33.9. The number of aromatic amines is 1. The van der Waals surface area contributed by atoms with Crippen molar-refractivity contribution in [3.05, 3.63) is 130 Å². The molecule has 0 bridgehead atoms. The van der Waals surface area contributed by atoms with E-state index >= 15 is 0 Å². The van der Waals surface area contributed by atoms with E-state index in [2.05, 4.69) is 14.2 Å². The SMILES string of the molecule is CC(=O)O[C@H]1[C@@H](OS(=O)(=O)C(F)(F)F)[C@H](n2cnc3c(=O)[nH]c(F)nc32)O[C@@H]1COC(c1ccccc1)(c1ccccc1)c1ccccc1. The molecule has 5 aromatic rings. The van der Waals surface area contributed by atoms with Crippen LogP contribution in [0.2, 0.25) is 0 Å². The molecule has 1 aliphatic rings. The zero-order valence-electron chi connectivity index (χ0n) is 25.3. The Bertz CT molecular complexity index is 2020. The first-order chi connectivity index (χ1) is 23.3. The van der Waals surface area contributed by atoms with Crippen molar-refractivity contribution < 1.29 is 49.2 Å². The van der Waals surface area contributed by atoms with Crippen LogP contribution >= 0.6 is 0 Å². The van der Waals surface area contributed by atoms with Crippen molar-refractivity contribution in [3.8, 4) is 0 Å². The highest BCUT2D eigenvalue weighted by molar-refractivity contribution is 7.87. The zero-order valence-corrected chi connectivity index (χ0v) is 26.1. The molecule has 0 unspecified atom stereocenters. The number of ether oxygens (including phenoxy) is 3. The molecule has 1 saturated heterocycles. The number of alkyl halides is 3. The van der Waals surface area contributed by atoms with Crippen LogP contribution < -0.4 is 5.56 Å². The molecule has 1 fully saturated rings. The fraction of sp³-hybridized carbons (Fsp3) is 0.250. The highest BCUT2D eigenvalue weighted by Gasteiger charge is 2.57. The summed E-state index contributed by atoms with van der Waals surface area (Å²) < 4.78 is 104. The largest absolute Gasteiger partial charge is 0.523 e. The second kappa shape index (κ2) is 13.1. The molecule has 1 aliphatic heterocycles. The number of H-pyrrole nitrogens is 1. The molecule has 0 amide bonds. The number of imidazole rings is 1. The highest BCUT2D eigenvalue weighted by atomic mass is 32.2. The van der Waals surface area contributed by atoms with Gasteiger partial charge in [0.05, 0.1) is 12.9 Å². The van der Waals surface area contributed by atoms with Crippen molar-refractivity contribution in [1.82, 2.24) is 19.5 Å². The third-order valence-corrected chi connectivity index (χ3v) is 8.83. The van der Waals surface area contributed by atoms with E-state index in [1.807, 2.05) is 0 Å². The van der Waals surface area contributed by atoms with Gasteiger partial charge in [0.2, 0.25) is 0 Å². The Balaban J connectivity index is 1.49.